The Kier molecular flexibility index (Phi) is 4.70. The molecule has 29 heavy (non-hydrogen) atoms. The van der Waals surface area contributed by atoms with Gasteiger partial charge in [-0.25, -0.2) is 0 Å². The van der Waals surface area contributed by atoms with Crippen molar-refractivity contribution in [1.29, 1.82) is 0 Å². The number of para-hydroxylation sites is 2. The number of benzene rings is 2. The minimum absolute atomic E-state index is 0.121. The zero-order chi connectivity index (χ0) is 19.8. The molecule has 0 unspecified atom stereocenters. The topological polar surface area (TPSA) is 36.4 Å². The van der Waals surface area contributed by atoms with Crippen LogP contribution in [-0.4, -0.2) is 30.5 Å². The summed E-state index contributed by atoms with van der Waals surface area (Å²) in [5, 5.41) is 1.21. The third kappa shape index (κ3) is 3.27. The van der Waals surface area contributed by atoms with E-state index in [1.807, 2.05) is 11.0 Å². The van der Waals surface area contributed by atoms with Crippen LogP contribution in [0.4, 0.5) is 11.4 Å². The summed E-state index contributed by atoms with van der Waals surface area (Å²) in [5.41, 5.74) is 5.88. The number of nitrogens with zero attached hydrogens (tertiary/aromatic N) is 3. The molecular formula is C25H27N3O. The normalized spacial score (nSPS) is 17.0. The molecule has 3 aromatic rings. The Hall–Kier alpha value is -2.88. The molecule has 0 bridgehead atoms. The zero-order valence-corrected chi connectivity index (χ0v) is 17.0. The fraction of sp³-hybridized carbons (Fsp3) is 0.360. The number of carbonyl (C=O) groups is 1. The summed E-state index contributed by atoms with van der Waals surface area (Å²) in [6, 6.07) is 19.0. The maximum atomic E-state index is 13.2. The molecule has 4 heteroatoms. The fourth-order valence-electron chi connectivity index (χ4n) is 4.81. The van der Waals surface area contributed by atoms with E-state index in [1.165, 1.54) is 16.6 Å². The van der Waals surface area contributed by atoms with Crippen molar-refractivity contribution in [3.05, 3.63) is 65.9 Å². The SMILES string of the molecule is CCc1cc(N2CCC(C(=O)N3CCc4ccccc43)CC2)c2ccccc2n1. The minimum atomic E-state index is 0.121. The van der Waals surface area contributed by atoms with Crippen molar-refractivity contribution in [3.8, 4) is 0 Å². The Morgan fingerprint density at radius 3 is 2.59 bits per heavy atom. The quantitative estimate of drug-likeness (QED) is 0.661. The van der Waals surface area contributed by atoms with Gasteiger partial charge in [0, 0.05) is 48.0 Å². The van der Waals surface area contributed by atoms with E-state index in [-0.39, 0.29) is 5.92 Å². The lowest BCUT2D eigenvalue weighted by molar-refractivity contribution is -0.122. The number of aromatic nitrogens is 1. The molecule has 0 aliphatic carbocycles. The molecule has 1 saturated heterocycles. The van der Waals surface area contributed by atoms with E-state index in [9.17, 15) is 4.79 Å². The van der Waals surface area contributed by atoms with Crippen LogP contribution < -0.4 is 9.80 Å². The number of rotatable bonds is 3. The van der Waals surface area contributed by atoms with Crippen LogP contribution in [0.1, 0.15) is 31.0 Å². The maximum absolute atomic E-state index is 13.2. The van der Waals surface area contributed by atoms with Crippen LogP contribution in [0.5, 0.6) is 0 Å². The molecule has 148 valence electrons. The van der Waals surface area contributed by atoms with Crippen molar-refractivity contribution in [3.63, 3.8) is 0 Å². The van der Waals surface area contributed by atoms with Crippen LogP contribution in [0, 0.1) is 5.92 Å². The van der Waals surface area contributed by atoms with E-state index >= 15 is 0 Å². The van der Waals surface area contributed by atoms with Gasteiger partial charge in [-0.15, -0.1) is 0 Å². The number of carbonyl (C=O) groups excluding carboxylic acids is 1. The van der Waals surface area contributed by atoms with E-state index in [0.717, 1.165) is 62.2 Å². The van der Waals surface area contributed by atoms with E-state index in [0.29, 0.717) is 5.91 Å². The van der Waals surface area contributed by atoms with Gasteiger partial charge in [-0.1, -0.05) is 43.3 Å². The van der Waals surface area contributed by atoms with Crippen LogP contribution in [0.3, 0.4) is 0 Å². The summed E-state index contributed by atoms with van der Waals surface area (Å²) in [6.45, 7) is 4.82. The number of amides is 1. The molecule has 0 N–H and O–H groups in total. The summed E-state index contributed by atoms with van der Waals surface area (Å²) in [7, 11) is 0. The number of aryl methyl sites for hydroxylation is 1. The molecule has 0 saturated carbocycles. The van der Waals surface area contributed by atoms with E-state index in [4.69, 9.17) is 4.98 Å². The zero-order valence-electron chi connectivity index (χ0n) is 17.0. The van der Waals surface area contributed by atoms with Gasteiger partial charge in [0.15, 0.2) is 0 Å². The monoisotopic (exact) mass is 385 g/mol. The average Bonchev–Trinajstić information content (AvgIpc) is 3.22. The molecular weight excluding hydrogens is 358 g/mol. The Labute approximate surface area is 172 Å². The average molecular weight is 386 g/mol. The second-order valence-corrected chi connectivity index (χ2v) is 8.13. The highest BCUT2D eigenvalue weighted by atomic mass is 16.2. The lowest BCUT2D eigenvalue weighted by atomic mass is 9.94. The summed E-state index contributed by atoms with van der Waals surface area (Å²) < 4.78 is 0. The first-order chi connectivity index (χ1) is 14.2. The highest BCUT2D eigenvalue weighted by Crippen LogP contribution is 2.34. The summed E-state index contributed by atoms with van der Waals surface area (Å²) >= 11 is 0. The number of anilines is 2. The van der Waals surface area contributed by atoms with Gasteiger partial charge in [-0.3, -0.25) is 9.78 Å². The van der Waals surface area contributed by atoms with Gasteiger partial charge >= 0.3 is 0 Å². The van der Waals surface area contributed by atoms with Crippen molar-refractivity contribution >= 4 is 28.2 Å². The van der Waals surface area contributed by atoms with Gasteiger partial charge in [-0.05, 0) is 49.4 Å². The van der Waals surface area contributed by atoms with Crippen molar-refractivity contribution < 1.29 is 4.79 Å². The second kappa shape index (κ2) is 7.51. The molecule has 0 radical (unpaired) electrons. The summed E-state index contributed by atoms with van der Waals surface area (Å²) in [6.07, 6.45) is 3.73. The van der Waals surface area contributed by atoms with Crippen molar-refractivity contribution in [2.45, 2.75) is 32.6 Å². The van der Waals surface area contributed by atoms with Crippen molar-refractivity contribution in [2.75, 3.05) is 29.4 Å². The third-order valence-electron chi connectivity index (χ3n) is 6.45. The van der Waals surface area contributed by atoms with Crippen LogP contribution in [0.25, 0.3) is 10.9 Å². The number of hydrogen-bond donors (Lipinski definition) is 0. The first-order valence-electron chi connectivity index (χ1n) is 10.8. The minimum Gasteiger partial charge on any atom is -0.371 e. The number of fused-ring (bicyclic) bond motifs is 2. The van der Waals surface area contributed by atoms with Gasteiger partial charge in [0.05, 0.1) is 5.52 Å². The van der Waals surface area contributed by atoms with Gasteiger partial charge in [0.2, 0.25) is 5.91 Å². The molecule has 5 rings (SSSR count). The van der Waals surface area contributed by atoms with E-state index < -0.39 is 0 Å². The van der Waals surface area contributed by atoms with Crippen LogP contribution in [-0.2, 0) is 17.6 Å². The maximum Gasteiger partial charge on any atom is 0.230 e. The van der Waals surface area contributed by atoms with E-state index in [2.05, 4.69) is 60.4 Å². The Bertz CT molecular complexity index is 1050. The first-order valence-corrected chi connectivity index (χ1v) is 10.8. The Morgan fingerprint density at radius 1 is 1.00 bits per heavy atom. The number of hydrogen-bond acceptors (Lipinski definition) is 3. The van der Waals surface area contributed by atoms with Gasteiger partial charge in [-0.2, -0.15) is 0 Å². The molecule has 1 amide bonds. The standard InChI is InChI=1S/C25H27N3O/c1-2-20-17-24(21-8-4-5-9-22(21)26-20)27-14-11-19(12-15-27)25(29)28-16-13-18-7-3-6-10-23(18)28/h3-10,17,19H,2,11-16H2,1H3. The predicted molar refractivity (Wildman–Crippen MR) is 119 cm³/mol. The smallest absolute Gasteiger partial charge is 0.230 e. The Morgan fingerprint density at radius 2 is 1.76 bits per heavy atom. The molecule has 3 heterocycles. The first kappa shape index (κ1) is 18.2. The molecule has 1 fully saturated rings. The molecule has 4 nitrogen and oxygen atoms in total. The molecule has 1 aromatic heterocycles. The van der Waals surface area contributed by atoms with E-state index in [1.54, 1.807) is 0 Å². The molecule has 2 aromatic carbocycles. The molecule has 2 aliphatic rings. The lowest BCUT2D eigenvalue weighted by Gasteiger charge is -2.35. The van der Waals surface area contributed by atoms with Gasteiger partial charge in [0.1, 0.15) is 0 Å². The predicted octanol–water partition coefficient (Wildman–Crippen LogP) is 4.60. The van der Waals surface area contributed by atoms with Crippen LogP contribution >= 0.6 is 0 Å². The molecule has 0 spiro atoms. The Balaban J connectivity index is 1.34. The van der Waals surface area contributed by atoms with Crippen LogP contribution in [0.2, 0.25) is 0 Å². The number of pyridine rings is 1. The van der Waals surface area contributed by atoms with Crippen LogP contribution in [0.15, 0.2) is 54.6 Å². The fourth-order valence-corrected chi connectivity index (χ4v) is 4.81. The lowest BCUT2D eigenvalue weighted by Crippen LogP contribution is -2.42. The number of piperidine rings is 1. The summed E-state index contributed by atoms with van der Waals surface area (Å²) in [5.74, 6) is 0.430. The summed E-state index contributed by atoms with van der Waals surface area (Å²) in [4.78, 5) is 22.5. The van der Waals surface area contributed by atoms with Gasteiger partial charge in [0.25, 0.3) is 0 Å². The highest BCUT2D eigenvalue weighted by molar-refractivity contribution is 5.97. The molecule has 2 aliphatic heterocycles. The second-order valence-electron chi connectivity index (χ2n) is 8.13. The third-order valence-corrected chi connectivity index (χ3v) is 6.45. The van der Waals surface area contributed by atoms with Crippen molar-refractivity contribution in [1.82, 2.24) is 4.98 Å². The highest BCUT2D eigenvalue weighted by Gasteiger charge is 2.32. The van der Waals surface area contributed by atoms with Gasteiger partial charge < -0.3 is 9.80 Å². The largest absolute Gasteiger partial charge is 0.371 e. The van der Waals surface area contributed by atoms with Crippen molar-refractivity contribution in [2.24, 2.45) is 5.92 Å². The molecule has 0 atom stereocenters.